The van der Waals surface area contributed by atoms with E-state index >= 15 is 0 Å². The number of alkyl halides is 6. The van der Waals surface area contributed by atoms with Gasteiger partial charge in [0.2, 0.25) is 10.1 Å². The summed E-state index contributed by atoms with van der Waals surface area (Å²) in [6.45, 7) is 0. The topological polar surface area (TPSA) is 61.8 Å². The summed E-state index contributed by atoms with van der Waals surface area (Å²) in [6, 6.07) is 6.66. The zero-order chi connectivity index (χ0) is 21.7. The van der Waals surface area contributed by atoms with Crippen LogP contribution in [0.1, 0.15) is 22.3 Å². The number of benzene rings is 2. The normalized spacial score (nSPS) is 11.8. The molecule has 29 heavy (non-hydrogen) atoms. The Bertz CT molecular complexity index is 878. The summed E-state index contributed by atoms with van der Waals surface area (Å²) < 4.78 is 97.4. The van der Waals surface area contributed by atoms with Gasteiger partial charge in [-0.15, -0.1) is 0 Å². The van der Waals surface area contributed by atoms with Gasteiger partial charge in [0, 0.05) is 11.1 Å². The van der Waals surface area contributed by atoms with Crippen molar-refractivity contribution in [3.8, 4) is 0 Å². The van der Waals surface area contributed by atoms with Crippen molar-refractivity contribution < 1.29 is 49.6 Å². The number of halogens is 6. The lowest BCUT2D eigenvalue weighted by atomic mass is 10.1. The number of rotatable bonds is 4. The van der Waals surface area contributed by atoms with E-state index in [-0.39, 0.29) is 33.6 Å². The van der Waals surface area contributed by atoms with Gasteiger partial charge in [-0.05, 0) is 24.3 Å². The standard InChI is InChI=1S/C16H8F6O5S2/c17-15(18,19)11-5-1-9(2-6-11)13(28-23)25-27-26-14(29-24)10-3-7-12(8-4-10)16(20,21)22/h1-8H. The molecule has 0 heterocycles. The Kier molecular flexibility index (Phi) is 7.48. The third-order valence-electron chi connectivity index (χ3n) is 3.27. The average Bonchev–Trinajstić information content (AvgIpc) is 2.67. The van der Waals surface area contributed by atoms with Crippen molar-refractivity contribution in [2.45, 2.75) is 12.4 Å². The van der Waals surface area contributed by atoms with E-state index in [0.29, 0.717) is 24.3 Å². The van der Waals surface area contributed by atoms with Crippen molar-refractivity contribution in [2.24, 2.45) is 0 Å². The van der Waals surface area contributed by atoms with Crippen molar-refractivity contribution in [1.82, 2.24) is 0 Å². The maximum Gasteiger partial charge on any atom is 0.416 e. The van der Waals surface area contributed by atoms with Crippen molar-refractivity contribution in [2.75, 3.05) is 0 Å². The fourth-order valence-corrected chi connectivity index (χ4v) is 2.47. The molecule has 5 nitrogen and oxygen atoms in total. The van der Waals surface area contributed by atoms with Crippen LogP contribution in [0.3, 0.4) is 0 Å². The first-order chi connectivity index (χ1) is 13.6. The third kappa shape index (κ3) is 6.33. The highest BCUT2D eigenvalue weighted by atomic mass is 32.1. The molecule has 2 aromatic carbocycles. The lowest BCUT2D eigenvalue weighted by molar-refractivity contribution is -0.430. The first-order valence-corrected chi connectivity index (χ1v) is 8.74. The number of hydrogen-bond donors (Lipinski definition) is 0. The molecule has 0 fully saturated rings. The van der Waals surface area contributed by atoms with E-state index in [0.717, 1.165) is 24.3 Å². The van der Waals surface area contributed by atoms with Gasteiger partial charge in [-0.3, -0.25) is 0 Å². The van der Waals surface area contributed by atoms with Gasteiger partial charge in [-0.25, -0.2) is 8.42 Å². The number of hydrogen-bond acceptors (Lipinski definition) is 5. The smallest absolute Gasteiger partial charge is 0.209 e. The molecule has 0 saturated heterocycles. The van der Waals surface area contributed by atoms with E-state index in [4.69, 9.17) is 0 Å². The van der Waals surface area contributed by atoms with E-state index in [1.807, 2.05) is 0 Å². The molecule has 2 aromatic rings. The minimum Gasteiger partial charge on any atom is -0.209 e. The van der Waals surface area contributed by atoms with E-state index in [2.05, 4.69) is 14.8 Å². The molecule has 0 spiro atoms. The predicted molar refractivity (Wildman–Crippen MR) is 90.6 cm³/mol. The van der Waals surface area contributed by atoms with Gasteiger partial charge in [0.1, 0.15) is 22.5 Å². The Morgan fingerprint density at radius 3 is 1.17 bits per heavy atom. The van der Waals surface area contributed by atoms with Gasteiger partial charge >= 0.3 is 12.4 Å². The van der Waals surface area contributed by atoms with Crippen molar-refractivity contribution in [3.63, 3.8) is 0 Å². The molecule has 0 aliphatic rings. The Labute approximate surface area is 165 Å². The Hall–Kier alpha value is -2.32. The lowest BCUT2D eigenvalue weighted by Gasteiger charge is -2.09. The molecule has 0 aliphatic heterocycles. The molecule has 13 heteroatoms. The minimum atomic E-state index is -4.57. The van der Waals surface area contributed by atoms with E-state index in [1.54, 1.807) is 0 Å². The van der Waals surface area contributed by atoms with E-state index in [9.17, 15) is 34.8 Å². The highest BCUT2D eigenvalue weighted by Gasteiger charge is 2.31. The summed E-state index contributed by atoms with van der Waals surface area (Å²) >= 11 is -0.530. The highest BCUT2D eigenvalue weighted by molar-refractivity contribution is 7.66. The molecule has 0 amide bonds. The fourth-order valence-electron chi connectivity index (χ4n) is 1.89. The van der Waals surface area contributed by atoms with Gasteiger partial charge in [-0.2, -0.15) is 36.1 Å². The molecule has 0 aromatic heterocycles. The fraction of sp³-hybridized carbons (Fsp3) is 0.125. The molecule has 0 radical (unpaired) electrons. The van der Waals surface area contributed by atoms with Crippen molar-refractivity contribution in [3.05, 3.63) is 70.8 Å². The van der Waals surface area contributed by atoms with Crippen LogP contribution in [-0.4, -0.2) is 18.5 Å². The third-order valence-corrected chi connectivity index (χ3v) is 4.18. The van der Waals surface area contributed by atoms with Crippen LogP contribution in [0.4, 0.5) is 26.3 Å². The summed E-state index contributed by atoms with van der Waals surface area (Å²) in [6.07, 6.45) is -9.14. The Morgan fingerprint density at radius 2 is 0.931 bits per heavy atom. The quantitative estimate of drug-likeness (QED) is 0.303. The second-order valence-corrected chi connectivity index (χ2v) is 6.20. The van der Waals surface area contributed by atoms with Crippen LogP contribution in [0.15, 0.2) is 48.5 Å². The van der Waals surface area contributed by atoms with Crippen LogP contribution in [0.25, 0.3) is 0 Å². The first-order valence-electron chi connectivity index (χ1n) is 7.26. The molecule has 0 bridgehead atoms. The van der Waals surface area contributed by atoms with Crippen LogP contribution >= 0.6 is 0 Å². The summed E-state index contributed by atoms with van der Waals surface area (Å²) in [5.41, 5.74) is -2.02. The summed E-state index contributed by atoms with van der Waals surface area (Å²) in [5.74, 6) is 0. The molecule has 0 N–H and O–H groups in total. The first kappa shape index (κ1) is 23.0. The van der Waals surface area contributed by atoms with E-state index < -0.39 is 33.6 Å². The Morgan fingerprint density at radius 1 is 0.621 bits per heavy atom. The maximum absolute atomic E-state index is 12.5. The predicted octanol–water partition coefficient (Wildman–Crippen LogP) is 3.69. The molecular weight excluding hydrogens is 450 g/mol. The van der Waals surface area contributed by atoms with Crippen LogP contribution in [0.5, 0.6) is 0 Å². The summed E-state index contributed by atoms with van der Waals surface area (Å²) in [7, 11) is 0. The minimum absolute atomic E-state index is 0.0625. The molecule has 0 atom stereocenters. The molecule has 0 unspecified atom stereocenters. The lowest BCUT2D eigenvalue weighted by Crippen LogP contribution is -2.13. The molecular formula is C16H8F6O5S2. The average molecular weight is 458 g/mol. The van der Waals surface area contributed by atoms with Gasteiger partial charge in [0.05, 0.1) is 11.1 Å². The zero-order valence-electron chi connectivity index (χ0n) is 13.7. The monoisotopic (exact) mass is 458 g/mol. The summed E-state index contributed by atoms with van der Waals surface area (Å²) in [4.78, 5) is 9.09. The van der Waals surface area contributed by atoms with Crippen LogP contribution in [0.2, 0.25) is 0 Å². The molecule has 156 valence electrons. The zero-order valence-corrected chi connectivity index (χ0v) is 15.4. The van der Waals surface area contributed by atoms with Crippen molar-refractivity contribution in [1.29, 1.82) is 0 Å². The summed E-state index contributed by atoms with van der Waals surface area (Å²) in [5, 5.41) is 3.23. The van der Waals surface area contributed by atoms with Gasteiger partial charge in [0.25, 0.3) is 0 Å². The van der Waals surface area contributed by atoms with Crippen LogP contribution < -0.4 is 0 Å². The Balaban J connectivity index is 2.03. The van der Waals surface area contributed by atoms with Crippen LogP contribution in [0, 0.1) is 0 Å². The molecule has 0 saturated carbocycles. The molecule has 0 aliphatic carbocycles. The van der Waals surface area contributed by atoms with Gasteiger partial charge < -0.3 is 0 Å². The maximum atomic E-state index is 12.5. The molecule has 2 rings (SSSR count). The van der Waals surface area contributed by atoms with Crippen molar-refractivity contribution >= 4 is 32.6 Å². The van der Waals surface area contributed by atoms with Crippen LogP contribution in [-0.2, 0) is 49.7 Å². The largest absolute Gasteiger partial charge is 0.416 e. The SMILES string of the molecule is O=S=C(OOOC(=S=O)c1ccc(C(F)(F)F)cc1)c1ccc(C(F)(F)F)cc1. The second-order valence-electron chi connectivity index (χ2n) is 5.13. The van der Waals surface area contributed by atoms with Gasteiger partial charge in [-0.1, -0.05) is 29.3 Å². The van der Waals surface area contributed by atoms with Gasteiger partial charge in [0.15, 0.2) is 0 Å². The highest BCUT2D eigenvalue weighted by Crippen LogP contribution is 2.30. The second kappa shape index (κ2) is 9.45. The van der Waals surface area contributed by atoms with E-state index in [1.165, 1.54) is 0 Å².